The summed E-state index contributed by atoms with van der Waals surface area (Å²) in [5.74, 6) is 2.72. The highest BCUT2D eigenvalue weighted by atomic mass is 16.2. The molecule has 0 aromatic heterocycles. The van der Waals surface area contributed by atoms with E-state index in [4.69, 9.17) is 0 Å². The summed E-state index contributed by atoms with van der Waals surface area (Å²) in [6.45, 7) is 9.41. The Morgan fingerprint density at radius 2 is 1.77 bits per heavy atom. The number of guanidine groups is 1. The molecule has 0 radical (unpaired) electrons. The van der Waals surface area contributed by atoms with Gasteiger partial charge in [-0.3, -0.25) is 9.79 Å². The van der Waals surface area contributed by atoms with Gasteiger partial charge in [0.15, 0.2) is 5.96 Å². The molecule has 1 saturated heterocycles. The number of hydrogen-bond donors (Lipinski definition) is 2. The van der Waals surface area contributed by atoms with Crippen molar-refractivity contribution >= 4 is 11.9 Å². The third-order valence-corrected chi connectivity index (χ3v) is 5.13. The molecule has 1 saturated carbocycles. The molecule has 1 amide bonds. The van der Waals surface area contributed by atoms with Gasteiger partial charge in [-0.2, -0.15) is 0 Å². The second-order valence-electron chi connectivity index (χ2n) is 7.35. The van der Waals surface area contributed by atoms with E-state index in [0.717, 1.165) is 30.9 Å². The van der Waals surface area contributed by atoms with Crippen molar-refractivity contribution < 1.29 is 4.79 Å². The van der Waals surface area contributed by atoms with Gasteiger partial charge in [0.25, 0.3) is 0 Å². The number of hydrogen-bond acceptors (Lipinski definition) is 2. The van der Waals surface area contributed by atoms with Gasteiger partial charge >= 0.3 is 0 Å². The zero-order valence-corrected chi connectivity index (χ0v) is 14.6. The molecule has 22 heavy (non-hydrogen) atoms. The number of carbonyl (C=O) groups is 1. The molecular weight excluding hydrogens is 276 g/mol. The van der Waals surface area contributed by atoms with Gasteiger partial charge in [-0.05, 0) is 45.4 Å². The summed E-state index contributed by atoms with van der Waals surface area (Å²) in [6, 6.07) is 0. The van der Waals surface area contributed by atoms with Gasteiger partial charge in [0.05, 0.1) is 5.41 Å². The first-order valence-corrected chi connectivity index (χ1v) is 8.72. The molecule has 2 aliphatic rings. The Balaban J connectivity index is 1.89. The monoisotopic (exact) mass is 308 g/mol. The fraction of sp³-hybridized carbons (Fsp3) is 0.882. The molecule has 2 rings (SSSR count). The van der Waals surface area contributed by atoms with Crippen molar-refractivity contribution in [2.75, 3.05) is 33.2 Å². The predicted molar refractivity (Wildman–Crippen MR) is 90.8 cm³/mol. The summed E-state index contributed by atoms with van der Waals surface area (Å²) in [5.41, 5.74) is -0.432. The van der Waals surface area contributed by atoms with Crippen LogP contribution in [0.4, 0.5) is 0 Å². The molecule has 5 heteroatoms. The Hall–Kier alpha value is -1.26. The van der Waals surface area contributed by atoms with Gasteiger partial charge in [-0.15, -0.1) is 0 Å². The number of nitrogens with zero attached hydrogens (tertiary/aromatic N) is 2. The molecule has 0 aromatic carbocycles. The molecule has 2 N–H and O–H groups in total. The summed E-state index contributed by atoms with van der Waals surface area (Å²) >= 11 is 0. The first-order valence-electron chi connectivity index (χ1n) is 8.72. The number of aliphatic imine (C=N–C) groups is 1. The Morgan fingerprint density at radius 1 is 1.18 bits per heavy atom. The topological polar surface area (TPSA) is 56.7 Å². The van der Waals surface area contributed by atoms with E-state index in [2.05, 4.69) is 20.5 Å². The summed E-state index contributed by atoms with van der Waals surface area (Å²) in [6.07, 6.45) is 5.49. The SMILES string of the molecule is CCNC(=O)C(C)(C)CNC(=NC)N1CC2CCCCC2C1. The number of fused-ring (bicyclic) bond motifs is 1. The van der Waals surface area contributed by atoms with E-state index in [9.17, 15) is 4.79 Å². The Morgan fingerprint density at radius 3 is 2.27 bits per heavy atom. The van der Waals surface area contributed by atoms with Crippen LogP contribution in [0.15, 0.2) is 4.99 Å². The van der Waals surface area contributed by atoms with Crippen LogP contribution in [-0.2, 0) is 4.79 Å². The minimum absolute atomic E-state index is 0.0908. The van der Waals surface area contributed by atoms with Gasteiger partial charge in [0.2, 0.25) is 5.91 Å². The average Bonchev–Trinajstić information content (AvgIpc) is 2.91. The molecule has 0 bridgehead atoms. The van der Waals surface area contributed by atoms with E-state index < -0.39 is 5.41 Å². The van der Waals surface area contributed by atoms with Gasteiger partial charge < -0.3 is 15.5 Å². The number of amides is 1. The molecule has 0 spiro atoms. The molecular formula is C17H32N4O. The van der Waals surface area contributed by atoms with Crippen LogP contribution in [0.2, 0.25) is 0 Å². The van der Waals surface area contributed by atoms with E-state index in [-0.39, 0.29) is 5.91 Å². The average molecular weight is 308 g/mol. The fourth-order valence-electron chi connectivity index (χ4n) is 3.69. The van der Waals surface area contributed by atoms with Crippen LogP contribution >= 0.6 is 0 Å². The first kappa shape index (κ1) is 17.1. The van der Waals surface area contributed by atoms with Gasteiger partial charge in [0, 0.05) is 33.2 Å². The van der Waals surface area contributed by atoms with Crippen LogP contribution in [0.25, 0.3) is 0 Å². The molecule has 2 atom stereocenters. The standard InChI is InChI=1S/C17H32N4O/c1-5-19-15(22)17(2,3)12-20-16(18-4)21-10-13-8-6-7-9-14(13)11-21/h13-14H,5-12H2,1-4H3,(H,18,20)(H,19,22). The normalized spacial score (nSPS) is 25.8. The van der Waals surface area contributed by atoms with E-state index >= 15 is 0 Å². The highest BCUT2D eigenvalue weighted by Crippen LogP contribution is 2.35. The van der Waals surface area contributed by atoms with E-state index in [1.165, 1.54) is 25.7 Å². The molecule has 1 aliphatic heterocycles. The second kappa shape index (κ2) is 7.34. The molecule has 1 aliphatic carbocycles. The van der Waals surface area contributed by atoms with Crippen molar-refractivity contribution in [1.82, 2.24) is 15.5 Å². The van der Waals surface area contributed by atoms with Crippen molar-refractivity contribution in [1.29, 1.82) is 0 Å². The van der Waals surface area contributed by atoms with Crippen LogP contribution in [0.3, 0.4) is 0 Å². The maximum atomic E-state index is 12.1. The molecule has 5 nitrogen and oxygen atoms in total. The zero-order valence-electron chi connectivity index (χ0n) is 14.6. The summed E-state index contributed by atoms with van der Waals surface area (Å²) in [4.78, 5) is 18.9. The smallest absolute Gasteiger partial charge is 0.227 e. The highest BCUT2D eigenvalue weighted by molar-refractivity contribution is 5.84. The Kier molecular flexibility index (Phi) is 5.70. The van der Waals surface area contributed by atoms with Crippen LogP contribution in [-0.4, -0.2) is 50.0 Å². The minimum Gasteiger partial charge on any atom is -0.356 e. The summed E-state index contributed by atoms with van der Waals surface area (Å²) in [7, 11) is 1.84. The van der Waals surface area contributed by atoms with Crippen molar-refractivity contribution in [2.45, 2.75) is 46.5 Å². The summed E-state index contributed by atoms with van der Waals surface area (Å²) < 4.78 is 0. The number of rotatable bonds is 4. The summed E-state index contributed by atoms with van der Waals surface area (Å²) in [5, 5.41) is 6.32. The van der Waals surface area contributed by atoms with Crippen LogP contribution in [0, 0.1) is 17.3 Å². The van der Waals surface area contributed by atoms with Crippen molar-refractivity contribution in [3.8, 4) is 0 Å². The van der Waals surface area contributed by atoms with Crippen LogP contribution in [0.5, 0.6) is 0 Å². The highest BCUT2D eigenvalue weighted by Gasteiger charge is 2.36. The zero-order chi connectivity index (χ0) is 16.2. The van der Waals surface area contributed by atoms with Crippen LogP contribution in [0.1, 0.15) is 46.5 Å². The maximum absolute atomic E-state index is 12.1. The number of carbonyl (C=O) groups excluding carboxylic acids is 1. The third-order valence-electron chi connectivity index (χ3n) is 5.13. The Bertz CT molecular complexity index is 405. The molecule has 2 fully saturated rings. The predicted octanol–water partition coefficient (Wildman–Crippen LogP) is 1.85. The van der Waals surface area contributed by atoms with E-state index in [0.29, 0.717) is 13.1 Å². The lowest BCUT2D eigenvalue weighted by Gasteiger charge is -2.28. The van der Waals surface area contributed by atoms with Gasteiger partial charge in [-0.1, -0.05) is 12.8 Å². The molecule has 2 unspecified atom stereocenters. The van der Waals surface area contributed by atoms with Gasteiger partial charge in [0.1, 0.15) is 0 Å². The molecule has 126 valence electrons. The first-order chi connectivity index (χ1) is 10.5. The molecule has 0 aromatic rings. The van der Waals surface area contributed by atoms with Crippen molar-refractivity contribution in [2.24, 2.45) is 22.2 Å². The third kappa shape index (κ3) is 3.93. The molecule has 1 heterocycles. The van der Waals surface area contributed by atoms with Crippen molar-refractivity contribution in [3.63, 3.8) is 0 Å². The second-order valence-corrected chi connectivity index (χ2v) is 7.35. The lowest BCUT2D eigenvalue weighted by atomic mass is 9.82. The van der Waals surface area contributed by atoms with Crippen LogP contribution < -0.4 is 10.6 Å². The van der Waals surface area contributed by atoms with Crippen molar-refractivity contribution in [3.05, 3.63) is 0 Å². The lowest BCUT2D eigenvalue weighted by Crippen LogP contribution is -2.48. The number of likely N-dealkylation sites (tertiary alicyclic amines) is 1. The quantitative estimate of drug-likeness (QED) is 0.615. The number of nitrogens with one attached hydrogen (secondary N) is 2. The lowest BCUT2D eigenvalue weighted by molar-refractivity contribution is -0.128. The largest absolute Gasteiger partial charge is 0.356 e. The van der Waals surface area contributed by atoms with E-state index in [1.807, 2.05) is 27.8 Å². The maximum Gasteiger partial charge on any atom is 0.227 e. The van der Waals surface area contributed by atoms with E-state index in [1.54, 1.807) is 0 Å². The fourth-order valence-corrected chi connectivity index (χ4v) is 3.69. The Labute approximate surface area is 134 Å². The van der Waals surface area contributed by atoms with Gasteiger partial charge in [-0.25, -0.2) is 0 Å². The minimum atomic E-state index is -0.432.